The van der Waals surface area contributed by atoms with Gasteiger partial charge in [0.15, 0.2) is 0 Å². The van der Waals surface area contributed by atoms with Crippen LogP contribution in [0.1, 0.15) is 19.3 Å². The normalized spacial score (nSPS) is 11.8. The van der Waals surface area contributed by atoms with Crippen LogP contribution in [0.4, 0.5) is 0 Å². The number of carboxylic acid groups (broad SMARTS) is 1. The highest BCUT2D eigenvalue weighted by Crippen LogP contribution is 1.98. The zero-order valence-corrected chi connectivity index (χ0v) is 8.72. The van der Waals surface area contributed by atoms with E-state index in [1.165, 1.54) is 0 Å². The number of rotatable bonds is 5. The van der Waals surface area contributed by atoms with Crippen LogP contribution in [0.5, 0.6) is 0 Å². The number of hydrogen-bond donors (Lipinski definition) is 5. The van der Waals surface area contributed by atoms with Gasteiger partial charge in [-0.15, -0.1) is 0 Å². The van der Waals surface area contributed by atoms with Crippen LogP contribution in [-0.2, 0) is 9.36 Å². The highest BCUT2D eigenvalue weighted by Gasteiger charge is 2.09. The fourth-order valence-corrected chi connectivity index (χ4v) is 0.632. The minimum Gasteiger partial charge on any atom is -0.480 e. The first kappa shape index (κ1) is 16.0. The molecule has 0 rings (SSSR count). The molecule has 0 aromatic heterocycles. The largest absolute Gasteiger partial charge is 0.480 e. The number of nitrogens with two attached hydrogens (primary N) is 2. The Labute approximate surface area is 82.7 Å². The van der Waals surface area contributed by atoms with Gasteiger partial charge in [-0.25, -0.2) is 0 Å². The maximum absolute atomic E-state index is 10.1. The Kier molecular flexibility index (Phi) is 12.1. The molecule has 86 valence electrons. The van der Waals surface area contributed by atoms with E-state index in [2.05, 4.69) is 0 Å². The van der Waals surface area contributed by atoms with Gasteiger partial charge in [-0.1, -0.05) is 6.42 Å². The summed E-state index contributed by atoms with van der Waals surface area (Å²) >= 11 is 0. The Bertz CT molecular complexity index is 174. The molecule has 1 unspecified atom stereocenters. The molecule has 14 heavy (non-hydrogen) atoms. The zero-order valence-electron chi connectivity index (χ0n) is 7.72. The smallest absolute Gasteiger partial charge is 0.320 e. The highest BCUT2D eigenvalue weighted by atomic mass is 31.1. The third-order valence-electron chi connectivity index (χ3n) is 1.29. The monoisotopic (exact) mass is 228 g/mol. The fourth-order valence-electron chi connectivity index (χ4n) is 0.632. The van der Waals surface area contributed by atoms with Crippen molar-refractivity contribution in [2.24, 2.45) is 11.5 Å². The third kappa shape index (κ3) is 17.6. The van der Waals surface area contributed by atoms with Gasteiger partial charge < -0.3 is 26.4 Å². The van der Waals surface area contributed by atoms with Gasteiger partial charge in [0.25, 0.3) is 0 Å². The van der Waals surface area contributed by atoms with Crippen LogP contribution < -0.4 is 11.5 Å². The van der Waals surface area contributed by atoms with E-state index >= 15 is 0 Å². The summed E-state index contributed by atoms with van der Waals surface area (Å²) in [4.78, 5) is 24.5. The van der Waals surface area contributed by atoms with Crippen LogP contribution in [0.3, 0.4) is 0 Å². The molecular weight excluding hydrogens is 211 g/mol. The van der Waals surface area contributed by atoms with Crippen molar-refractivity contribution in [3.8, 4) is 0 Å². The molecule has 0 radical (unpaired) electrons. The molecule has 0 saturated heterocycles. The van der Waals surface area contributed by atoms with Crippen LogP contribution in [0, 0.1) is 0 Å². The molecule has 7 nitrogen and oxygen atoms in total. The van der Waals surface area contributed by atoms with Gasteiger partial charge in [0.1, 0.15) is 6.04 Å². The van der Waals surface area contributed by atoms with E-state index < -0.39 is 20.3 Å². The van der Waals surface area contributed by atoms with Gasteiger partial charge in [-0.3, -0.25) is 9.36 Å². The molecular formula is C6H17N2O5P. The molecule has 0 spiro atoms. The molecule has 0 aliphatic heterocycles. The average Bonchev–Trinajstić information content (AvgIpc) is 2.03. The lowest BCUT2D eigenvalue weighted by atomic mass is 10.1. The third-order valence-corrected chi connectivity index (χ3v) is 1.29. The van der Waals surface area contributed by atoms with Gasteiger partial charge in [-0.2, -0.15) is 0 Å². The second-order valence-electron chi connectivity index (χ2n) is 2.51. The summed E-state index contributed by atoms with van der Waals surface area (Å²) in [6.07, 6.45) is 2.16. The Hall–Kier alpha value is -0.460. The van der Waals surface area contributed by atoms with Gasteiger partial charge in [0.05, 0.1) is 0 Å². The first-order valence-electron chi connectivity index (χ1n) is 4.02. The van der Waals surface area contributed by atoms with Crippen LogP contribution in [-0.4, -0.2) is 33.4 Å². The topological polar surface area (TPSA) is 147 Å². The number of hydrogen-bond acceptors (Lipinski definition) is 4. The first-order valence-corrected chi connectivity index (χ1v) is 5.32. The van der Waals surface area contributed by atoms with Crippen molar-refractivity contribution in [1.29, 1.82) is 0 Å². The van der Waals surface area contributed by atoms with E-state index in [4.69, 9.17) is 30.9 Å². The molecule has 0 aromatic carbocycles. The second kappa shape index (κ2) is 10.6. The van der Waals surface area contributed by atoms with Crippen LogP contribution in [0.25, 0.3) is 0 Å². The lowest BCUT2D eigenvalue weighted by Gasteiger charge is -2.03. The predicted molar refractivity (Wildman–Crippen MR) is 52.0 cm³/mol. The lowest BCUT2D eigenvalue weighted by molar-refractivity contribution is -0.138. The number of carboxylic acids is 1. The van der Waals surface area contributed by atoms with Crippen LogP contribution >= 0.6 is 8.25 Å². The first-order chi connectivity index (χ1) is 6.41. The van der Waals surface area contributed by atoms with Crippen molar-refractivity contribution in [2.45, 2.75) is 25.3 Å². The summed E-state index contributed by atoms with van der Waals surface area (Å²) in [5, 5.41) is 8.33. The number of carbonyl (C=O) groups is 1. The SMILES string of the molecule is NCCCCC(N)C(=O)O.O=[PH](O)O. The number of unbranched alkanes of at least 4 members (excludes halogenated alkanes) is 1. The van der Waals surface area contributed by atoms with Crippen molar-refractivity contribution in [3.05, 3.63) is 0 Å². The minimum absolute atomic E-state index is 0.520. The van der Waals surface area contributed by atoms with E-state index in [1.54, 1.807) is 0 Å². The summed E-state index contributed by atoms with van der Waals surface area (Å²) in [6, 6.07) is -0.716. The lowest BCUT2D eigenvalue weighted by Crippen LogP contribution is -2.29. The summed E-state index contributed by atoms with van der Waals surface area (Å²) < 4.78 is 8.74. The Morgan fingerprint density at radius 2 is 1.79 bits per heavy atom. The fraction of sp³-hybridized carbons (Fsp3) is 0.833. The van der Waals surface area contributed by atoms with Crippen molar-refractivity contribution in [3.63, 3.8) is 0 Å². The molecule has 0 aliphatic rings. The maximum atomic E-state index is 10.1. The molecule has 0 aromatic rings. The van der Waals surface area contributed by atoms with Crippen molar-refractivity contribution < 1.29 is 24.3 Å². The Balaban J connectivity index is 0. The molecule has 0 heterocycles. The van der Waals surface area contributed by atoms with Crippen molar-refractivity contribution >= 4 is 14.2 Å². The van der Waals surface area contributed by atoms with E-state index in [-0.39, 0.29) is 0 Å². The van der Waals surface area contributed by atoms with Crippen LogP contribution in [0.2, 0.25) is 0 Å². The van der Waals surface area contributed by atoms with Gasteiger partial charge >= 0.3 is 14.2 Å². The Morgan fingerprint density at radius 1 is 1.36 bits per heavy atom. The van der Waals surface area contributed by atoms with Gasteiger partial charge in [0.2, 0.25) is 0 Å². The summed E-state index contributed by atoms with van der Waals surface area (Å²) in [6.45, 7) is 0.604. The number of aliphatic carboxylic acids is 1. The molecule has 0 bridgehead atoms. The molecule has 0 saturated carbocycles. The van der Waals surface area contributed by atoms with E-state index in [9.17, 15) is 4.79 Å². The van der Waals surface area contributed by atoms with Crippen molar-refractivity contribution in [1.82, 2.24) is 0 Å². The summed E-state index contributed by atoms with van der Waals surface area (Å²) in [5.74, 6) is -0.933. The molecule has 0 amide bonds. The quantitative estimate of drug-likeness (QED) is 0.296. The van der Waals surface area contributed by atoms with Gasteiger partial charge in [-0.05, 0) is 19.4 Å². The molecule has 1 atom stereocenters. The predicted octanol–water partition coefficient (Wildman–Crippen LogP) is -1.11. The summed E-state index contributed by atoms with van der Waals surface area (Å²) in [7, 11) is -3.13. The second-order valence-corrected chi connectivity index (χ2v) is 3.08. The summed E-state index contributed by atoms with van der Waals surface area (Å²) in [5.41, 5.74) is 10.4. The maximum Gasteiger partial charge on any atom is 0.320 e. The zero-order chi connectivity index (χ0) is 11.6. The van der Waals surface area contributed by atoms with E-state index in [1.807, 2.05) is 0 Å². The van der Waals surface area contributed by atoms with Gasteiger partial charge in [0, 0.05) is 0 Å². The molecule has 0 fully saturated rings. The van der Waals surface area contributed by atoms with Crippen molar-refractivity contribution in [2.75, 3.05) is 6.54 Å². The van der Waals surface area contributed by atoms with E-state index in [0.717, 1.165) is 12.8 Å². The molecule has 8 heteroatoms. The van der Waals surface area contributed by atoms with E-state index in [0.29, 0.717) is 13.0 Å². The average molecular weight is 228 g/mol. The molecule has 0 aliphatic carbocycles. The van der Waals surface area contributed by atoms with Crippen LogP contribution in [0.15, 0.2) is 0 Å². The minimum atomic E-state index is -3.13. The highest BCUT2D eigenvalue weighted by molar-refractivity contribution is 7.30. The molecule has 7 N–H and O–H groups in total. The standard InChI is InChI=1S/C6H14N2O2.H3O3P/c7-4-2-1-3-5(8)6(9)10;1-4(2)3/h5H,1-4,7-8H2,(H,9,10);4H,(H2,1,2,3). The Morgan fingerprint density at radius 3 is 2.07 bits per heavy atom.